The largest absolute Gasteiger partial charge is 0.329 e. The third-order valence-electron chi connectivity index (χ3n) is 2.79. The molecule has 2 aromatic rings. The number of aromatic nitrogens is 2. The lowest BCUT2D eigenvalue weighted by atomic mass is 10.2. The molecular weight excluding hydrogens is 256 g/mol. The van der Waals surface area contributed by atoms with E-state index < -0.39 is 0 Å². The molecule has 3 nitrogen and oxygen atoms in total. The SMILES string of the molecule is CCCn1ccnc1C(=O)CSc1cccc(C)c1. The van der Waals surface area contributed by atoms with Crippen molar-refractivity contribution in [1.82, 2.24) is 9.55 Å². The Kier molecular flexibility index (Phi) is 4.80. The molecule has 0 bridgehead atoms. The van der Waals surface area contributed by atoms with E-state index >= 15 is 0 Å². The Morgan fingerprint density at radius 2 is 2.26 bits per heavy atom. The summed E-state index contributed by atoms with van der Waals surface area (Å²) in [6.07, 6.45) is 4.57. The van der Waals surface area contributed by atoms with Crippen molar-refractivity contribution in [2.45, 2.75) is 31.7 Å². The number of rotatable bonds is 6. The summed E-state index contributed by atoms with van der Waals surface area (Å²) in [4.78, 5) is 17.4. The van der Waals surface area contributed by atoms with Crippen LogP contribution in [0, 0.1) is 6.92 Å². The summed E-state index contributed by atoms with van der Waals surface area (Å²) in [5.74, 6) is 1.09. The maximum absolute atomic E-state index is 12.2. The second-order valence-electron chi connectivity index (χ2n) is 4.47. The molecule has 1 aromatic heterocycles. The van der Waals surface area contributed by atoms with E-state index in [2.05, 4.69) is 31.0 Å². The average molecular weight is 274 g/mol. The number of carbonyl (C=O) groups is 1. The summed E-state index contributed by atoms with van der Waals surface area (Å²) in [6, 6.07) is 8.19. The van der Waals surface area contributed by atoms with Crippen molar-refractivity contribution in [2.24, 2.45) is 0 Å². The summed E-state index contributed by atoms with van der Waals surface area (Å²) in [5.41, 5.74) is 1.21. The number of imidazole rings is 1. The van der Waals surface area contributed by atoms with E-state index in [4.69, 9.17) is 0 Å². The van der Waals surface area contributed by atoms with E-state index in [-0.39, 0.29) is 5.78 Å². The summed E-state index contributed by atoms with van der Waals surface area (Å²) in [5, 5.41) is 0. The zero-order valence-electron chi connectivity index (χ0n) is 11.3. The predicted molar refractivity (Wildman–Crippen MR) is 78.8 cm³/mol. The van der Waals surface area contributed by atoms with Crippen molar-refractivity contribution in [2.75, 3.05) is 5.75 Å². The van der Waals surface area contributed by atoms with Gasteiger partial charge in [-0.3, -0.25) is 4.79 Å². The Bertz CT molecular complexity index is 563. The van der Waals surface area contributed by atoms with Crippen molar-refractivity contribution >= 4 is 17.5 Å². The first-order valence-electron chi connectivity index (χ1n) is 6.44. The third-order valence-corrected chi connectivity index (χ3v) is 3.78. The van der Waals surface area contributed by atoms with Crippen LogP contribution in [-0.4, -0.2) is 21.1 Å². The number of hydrogen-bond donors (Lipinski definition) is 0. The smallest absolute Gasteiger partial charge is 0.208 e. The maximum atomic E-state index is 12.2. The highest BCUT2D eigenvalue weighted by molar-refractivity contribution is 8.00. The second-order valence-corrected chi connectivity index (χ2v) is 5.52. The number of hydrogen-bond acceptors (Lipinski definition) is 3. The van der Waals surface area contributed by atoms with Crippen LogP contribution in [-0.2, 0) is 6.54 Å². The summed E-state index contributed by atoms with van der Waals surface area (Å²) >= 11 is 1.56. The summed E-state index contributed by atoms with van der Waals surface area (Å²) in [6.45, 7) is 4.99. The normalized spacial score (nSPS) is 10.6. The van der Waals surface area contributed by atoms with E-state index in [1.54, 1.807) is 18.0 Å². The Morgan fingerprint density at radius 1 is 1.42 bits per heavy atom. The maximum Gasteiger partial charge on any atom is 0.208 e. The van der Waals surface area contributed by atoms with Gasteiger partial charge in [0.1, 0.15) is 0 Å². The van der Waals surface area contributed by atoms with E-state index in [1.165, 1.54) is 5.56 Å². The van der Waals surface area contributed by atoms with Crippen molar-refractivity contribution in [1.29, 1.82) is 0 Å². The van der Waals surface area contributed by atoms with Gasteiger partial charge in [0, 0.05) is 23.8 Å². The molecule has 0 amide bonds. The van der Waals surface area contributed by atoms with E-state index in [0.29, 0.717) is 11.6 Å². The van der Waals surface area contributed by atoms with Crippen LogP contribution < -0.4 is 0 Å². The molecule has 0 N–H and O–H groups in total. The van der Waals surface area contributed by atoms with Crippen LogP contribution in [0.1, 0.15) is 29.5 Å². The molecule has 0 aliphatic rings. The van der Waals surface area contributed by atoms with Gasteiger partial charge in [-0.15, -0.1) is 11.8 Å². The predicted octanol–water partition coefficient (Wildman–Crippen LogP) is 3.58. The van der Waals surface area contributed by atoms with E-state index in [0.717, 1.165) is 17.9 Å². The van der Waals surface area contributed by atoms with Gasteiger partial charge in [0.15, 0.2) is 5.82 Å². The first-order valence-corrected chi connectivity index (χ1v) is 7.43. The van der Waals surface area contributed by atoms with Gasteiger partial charge in [-0.05, 0) is 25.5 Å². The van der Waals surface area contributed by atoms with Crippen molar-refractivity contribution in [3.63, 3.8) is 0 Å². The van der Waals surface area contributed by atoms with Crippen molar-refractivity contribution < 1.29 is 4.79 Å². The van der Waals surface area contributed by atoms with Gasteiger partial charge in [-0.1, -0.05) is 24.6 Å². The van der Waals surface area contributed by atoms with Crippen molar-refractivity contribution in [3.8, 4) is 0 Å². The molecule has 1 heterocycles. The van der Waals surface area contributed by atoms with Crippen LogP contribution >= 0.6 is 11.8 Å². The Labute approximate surface area is 118 Å². The number of Topliss-reactive ketones (excluding diaryl/α,β-unsaturated/α-hetero) is 1. The standard InChI is InChI=1S/C15H18N2OS/c1-3-8-17-9-7-16-15(17)14(18)11-19-13-6-4-5-12(2)10-13/h4-7,9-10H,3,8,11H2,1-2H3. The van der Waals surface area contributed by atoms with Crippen LogP contribution in [0.3, 0.4) is 0 Å². The minimum atomic E-state index is 0.0879. The van der Waals surface area contributed by atoms with Gasteiger partial charge < -0.3 is 4.57 Å². The Hall–Kier alpha value is -1.55. The van der Waals surface area contributed by atoms with Gasteiger partial charge in [0.05, 0.1) is 5.75 Å². The first-order chi connectivity index (χ1) is 9.20. The highest BCUT2D eigenvalue weighted by Gasteiger charge is 2.12. The minimum Gasteiger partial charge on any atom is -0.329 e. The van der Waals surface area contributed by atoms with E-state index in [1.807, 2.05) is 22.9 Å². The molecule has 0 saturated heterocycles. The summed E-state index contributed by atoms with van der Waals surface area (Å²) in [7, 11) is 0. The van der Waals surface area contributed by atoms with Gasteiger partial charge >= 0.3 is 0 Å². The molecule has 0 aliphatic carbocycles. The fourth-order valence-electron chi connectivity index (χ4n) is 1.90. The molecule has 0 fully saturated rings. The topological polar surface area (TPSA) is 34.9 Å². The highest BCUT2D eigenvalue weighted by atomic mass is 32.2. The van der Waals surface area contributed by atoms with Gasteiger partial charge in [0.25, 0.3) is 0 Å². The van der Waals surface area contributed by atoms with Crippen LogP contribution in [0.4, 0.5) is 0 Å². The van der Waals surface area contributed by atoms with Crippen LogP contribution in [0.15, 0.2) is 41.6 Å². The number of thioether (sulfide) groups is 1. The van der Waals surface area contributed by atoms with Crippen LogP contribution in [0.2, 0.25) is 0 Å². The number of nitrogens with zero attached hydrogens (tertiary/aromatic N) is 2. The quantitative estimate of drug-likeness (QED) is 0.596. The lowest BCUT2D eigenvalue weighted by Gasteiger charge is -2.05. The molecule has 100 valence electrons. The zero-order valence-corrected chi connectivity index (χ0v) is 12.1. The molecule has 1 aromatic carbocycles. The number of ketones is 1. The van der Waals surface area contributed by atoms with Gasteiger partial charge in [-0.2, -0.15) is 0 Å². The zero-order chi connectivity index (χ0) is 13.7. The van der Waals surface area contributed by atoms with E-state index in [9.17, 15) is 4.79 Å². The molecule has 19 heavy (non-hydrogen) atoms. The number of benzene rings is 1. The van der Waals surface area contributed by atoms with Crippen LogP contribution in [0.25, 0.3) is 0 Å². The first kappa shape index (κ1) is 13.9. The molecule has 0 radical (unpaired) electrons. The number of carbonyl (C=O) groups excluding carboxylic acids is 1. The highest BCUT2D eigenvalue weighted by Crippen LogP contribution is 2.20. The third kappa shape index (κ3) is 3.70. The molecule has 0 aliphatic heterocycles. The second kappa shape index (κ2) is 6.57. The monoisotopic (exact) mass is 274 g/mol. The number of aryl methyl sites for hydroxylation is 2. The Balaban J connectivity index is 1.99. The Morgan fingerprint density at radius 3 is 3.00 bits per heavy atom. The molecule has 0 saturated carbocycles. The molecule has 2 rings (SSSR count). The fourth-order valence-corrected chi connectivity index (χ4v) is 2.77. The molecule has 0 spiro atoms. The van der Waals surface area contributed by atoms with Gasteiger partial charge in [0.2, 0.25) is 5.78 Å². The fraction of sp³-hybridized carbons (Fsp3) is 0.333. The summed E-state index contributed by atoms with van der Waals surface area (Å²) < 4.78 is 1.93. The molecule has 0 unspecified atom stereocenters. The minimum absolute atomic E-state index is 0.0879. The molecular formula is C15H18N2OS. The molecule has 0 atom stereocenters. The average Bonchev–Trinajstić information content (AvgIpc) is 2.85. The lowest BCUT2D eigenvalue weighted by Crippen LogP contribution is -2.12. The lowest BCUT2D eigenvalue weighted by molar-refractivity contribution is 0.100. The van der Waals surface area contributed by atoms with Crippen LogP contribution in [0.5, 0.6) is 0 Å². The van der Waals surface area contributed by atoms with Gasteiger partial charge in [-0.25, -0.2) is 4.98 Å². The molecule has 4 heteroatoms. The van der Waals surface area contributed by atoms with Crippen molar-refractivity contribution in [3.05, 3.63) is 48.0 Å².